The van der Waals surface area contributed by atoms with Gasteiger partial charge in [-0.05, 0) is 102 Å². The van der Waals surface area contributed by atoms with E-state index in [-0.39, 0.29) is 15.1 Å². The summed E-state index contributed by atoms with van der Waals surface area (Å²) < 4.78 is 60.7. The zero-order valence-electron chi connectivity index (χ0n) is 29.0. The minimum absolute atomic E-state index is 0.0489. The van der Waals surface area contributed by atoms with Crippen molar-refractivity contribution in [1.29, 1.82) is 0 Å². The fourth-order valence-electron chi connectivity index (χ4n) is 5.50. The summed E-state index contributed by atoms with van der Waals surface area (Å²) in [4.78, 5) is 69.7. The number of carboxylic acid groups (broad SMARTS) is 6. The molecular formula is C36H23N3O16S4. The van der Waals surface area contributed by atoms with Gasteiger partial charge in [0.1, 0.15) is 0 Å². The topological polar surface area (TPSA) is 321 Å². The van der Waals surface area contributed by atoms with Crippen molar-refractivity contribution < 1.29 is 76.2 Å². The van der Waals surface area contributed by atoms with E-state index in [0.29, 0.717) is 10.8 Å². The average Bonchev–Trinajstić information content (AvgIpc) is 3.33. The van der Waals surface area contributed by atoms with E-state index in [1.165, 1.54) is 27.6 Å². The fraction of sp³-hybridized carbons (Fsp3) is 0. The van der Waals surface area contributed by atoms with Crippen molar-refractivity contribution in [3.8, 4) is 5.69 Å². The molecule has 1 aromatic heterocycles. The molecule has 8 N–H and O–H groups in total. The lowest BCUT2D eigenvalue weighted by molar-refractivity contribution is 0.0676. The molecule has 23 heteroatoms. The fourth-order valence-corrected chi connectivity index (χ4v) is 10.1. The van der Waals surface area contributed by atoms with Crippen molar-refractivity contribution >= 4 is 110 Å². The van der Waals surface area contributed by atoms with Gasteiger partial charge in [0.2, 0.25) is 0 Å². The number of aromatic carboxylic acids is 6. The van der Waals surface area contributed by atoms with Crippen LogP contribution in [0.5, 0.6) is 0 Å². The quantitative estimate of drug-likeness (QED) is 0.0677. The molecule has 0 unspecified atom stereocenters. The molecule has 0 atom stereocenters. The highest BCUT2D eigenvalue weighted by Gasteiger charge is 2.22. The standard InChI is InChI=1S/C36H23N3O16S4/c40-31(41)16-5-17(32(42)43)9-22(8-16)37-58(52,53)25-1-3-27-28-4-2-26(59(54,55)38-23-10-18(33(44)45)6-19(11-23)34(46)47)15-30(28)57-39(56-29(27)14-25)24-12-20(35(48)49)7-21(13-24)36(50)51/h1-15,37-38H,(H,40,41)(H,42,43)(H,44,45)(H,46,47)(H,48,49)(H,50,51). The number of aromatic nitrogens is 1. The van der Waals surface area contributed by atoms with Gasteiger partial charge >= 0.3 is 35.8 Å². The van der Waals surface area contributed by atoms with E-state index in [0.717, 1.165) is 89.8 Å². The van der Waals surface area contributed by atoms with Crippen molar-refractivity contribution in [2.24, 2.45) is 0 Å². The highest BCUT2D eigenvalue weighted by atomic mass is 32.2. The number of anilines is 2. The van der Waals surface area contributed by atoms with Crippen LogP contribution in [0, 0.1) is 0 Å². The summed E-state index contributed by atoms with van der Waals surface area (Å²) in [5, 5.41) is 57.9. The number of sulfonamides is 2. The van der Waals surface area contributed by atoms with Crippen molar-refractivity contribution in [3.63, 3.8) is 0 Å². The third-order valence-corrected chi connectivity index (χ3v) is 13.2. The van der Waals surface area contributed by atoms with Gasteiger partial charge < -0.3 is 30.6 Å². The second kappa shape index (κ2) is 15.5. The molecule has 0 aliphatic carbocycles. The number of nitrogens with one attached hydrogen (secondary N) is 2. The molecule has 19 nitrogen and oxygen atoms in total. The minimum atomic E-state index is -4.60. The SMILES string of the molecule is O=C(O)c1cc(NS(=O)(=O)c2ccc3c(c2)sn(-c2cc(C(=O)O)cc(C(=O)O)c2)sc2cc(S(=O)(=O)Nc4cc(C(=O)O)cc(C(=O)O)c4)ccc23)cc(C(=O)O)c1. The van der Waals surface area contributed by atoms with E-state index in [9.17, 15) is 76.2 Å². The first kappa shape index (κ1) is 41.3. The van der Waals surface area contributed by atoms with Gasteiger partial charge in [-0.25, -0.2) is 48.9 Å². The third-order valence-electron chi connectivity index (χ3n) is 8.16. The summed E-state index contributed by atoms with van der Waals surface area (Å²) in [6.45, 7) is 0. The number of rotatable bonds is 13. The summed E-state index contributed by atoms with van der Waals surface area (Å²) in [7, 11) is -9.21. The van der Waals surface area contributed by atoms with Gasteiger partial charge in [0.15, 0.2) is 0 Å². The maximum atomic E-state index is 13.7. The number of benzene rings is 5. The molecule has 302 valence electrons. The molecule has 0 amide bonds. The molecule has 6 rings (SSSR count). The van der Waals surface area contributed by atoms with Gasteiger partial charge in [-0.15, -0.1) is 0 Å². The molecule has 0 aliphatic heterocycles. The van der Waals surface area contributed by atoms with Gasteiger partial charge in [0, 0.05) is 10.8 Å². The highest BCUT2D eigenvalue weighted by Crippen LogP contribution is 2.35. The van der Waals surface area contributed by atoms with E-state index in [1.807, 2.05) is 0 Å². The molecule has 1 heterocycles. The highest BCUT2D eigenvalue weighted by molar-refractivity contribution is 7.93. The van der Waals surface area contributed by atoms with Crippen LogP contribution in [0.2, 0.25) is 0 Å². The van der Waals surface area contributed by atoms with Gasteiger partial charge in [-0.2, -0.15) is 0 Å². The Bertz CT molecular complexity index is 2860. The number of nitrogens with zero attached hydrogens (tertiary/aromatic N) is 1. The lowest BCUT2D eigenvalue weighted by Crippen LogP contribution is -2.14. The normalized spacial score (nSPS) is 11.5. The van der Waals surface area contributed by atoms with Crippen molar-refractivity contribution in [1.82, 2.24) is 3.35 Å². The second-order valence-corrected chi connectivity index (χ2v) is 17.7. The zero-order valence-corrected chi connectivity index (χ0v) is 32.3. The molecule has 0 radical (unpaired) electrons. The molecule has 5 aromatic carbocycles. The molecule has 59 heavy (non-hydrogen) atoms. The second-order valence-electron chi connectivity index (χ2n) is 12.2. The monoisotopic (exact) mass is 881 g/mol. The van der Waals surface area contributed by atoms with Crippen LogP contribution >= 0.6 is 23.1 Å². The zero-order chi connectivity index (χ0) is 43.1. The summed E-state index contributed by atoms with van der Waals surface area (Å²) >= 11 is 1.58. The number of hydrogen-bond acceptors (Lipinski definition) is 12. The lowest BCUT2D eigenvalue weighted by atomic mass is 10.1. The molecule has 0 saturated heterocycles. The smallest absolute Gasteiger partial charge is 0.335 e. The largest absolute Gasteiger partial charge is 0.478 e. The van der Waals surface area contributed by atoms with E-state index in [4.69, 9.17) is 0 Å². The lowest BCUT2D eigenvalue weighted by Gasteiger charge is -2.11. The van der Waals surface area contributed by atoms with Crippen molar-refractivity contribution in [2.45, 2.75) is 9.79 Å². The van der Waals surface area contributed by atoms with E-state index >= 15 is 0 Å². The Hall–Kier alpha value is -7.34. The van der Waals surface area contributed by atoms with Gasteiger partial charge in [-0.1, -0.05) is 12.1 Å². The maximum absolute atomic E-state index is 13.7. The number of hydrogen-bond donors (Lipinski definition) is 8. The summed E-state index contributed by atoms with van der Waals surface area (Å²) in [6.07, 6.45) is 0. The Kier molecular flexibility index (Phi) is 10.9. The maximum Gasteiger partial charge on any atom is 0.335 e. The first-order valence-corrected chi connectivity index (χ1v) is 20.5. The van der Waals surface area contributed by atoms with Gasteiger partial charge in [-0.3, -0.25) is 9.44 Å². The number of carbonyl (C=O) groups is 6. The van der Waals surface area contributed by atoms with E-state index in [1.54, 1.807) is 0 Å². The number of fused-ring (bicyclic) bond motifs is 3. The molecule has 0 bridgehead atoms. The van der Waals surface area contributed by atoms with Crippen LogP contribution in [0.3, 0.4) is 0 Å². The third kappa shape index (κ3) is 8.81. The molecular weight excluding hydrogens is 859 g/mol. The Morgan fingerprint density at radius 2 is 0.712 bits per heavy atom. The van der Waals surface area contributed by atoms with Crippen molar-refractivity contribution in [2.75, 3.05) is 9.44 Å². The van der Waals surface area contributed by atoms with Crippen molar-refractivity contribution in [3.05, 3.63) is 124 Å². The molecule has 0 saturated carbocycles. The van der Waals surface area contributed by atoms with Crippen LogP contribution in [0.4, 0.5) is 11.4 Å². The van der Waals surface area contributed by atoms with E-state index < -0.39 is 110 Å². The van der Waals surface area contributed by atoms with Crippen LogP contribution in [0.15, 0.2) is 101 Å². The van der Waals surface area contributed by atoms with Gasteiger partial charge in [0.05, 0.1) is 69.6 Å². The summed E-state index contributed by atoms with van der Waals surface area (Å²) in [5.74, 6) is -9.11. The minimum Gasteiger partial charge on any atom is -0.478 e. The summed E-state index contributed by atoms with van der Waals surface area (Å²) in [6, 6.07) is 15.8. The molecule has 0 spiro atoms. The summed E-state index contributed by atoms with van der Waals surface area (Å²) in [5.41, 5.74) is -3.82. The molecule has 0 aliphatic rings. The Labute approximate surface area is 338 Å². The predicted molar refractivity (Wildman–Crippen MR) is 210 cm³/mol. The Balaban J connectivity index is 1.56. The molecule has 6 aromatic rings. The van der Waals surface area contributed by atoms with Crippen LogP contribution in [0.25, 0.3) is 25.9 Å². The van der Waals surface area contributed by atoms with Crippen LogP contribution in [0.1, 0.15) is 62.1 Å². The van der Waals surface area contributed by atoms with E-state index in [2.05, 4.69) is 9.44 Å². The Morgan fingerprint density at radius 1 is 0.424 bits per heavy atom. The first-order valence-electron chi connectivity index (χ1n) is 16.0. The molecule has 0 fully saturated rings. The Morgan fingerprint density at radius 3 is 1.00 bits per heavy atom. The predicted octanol–water partition coefficient (Wildman–Crippen LogP) is 5.82. The number of carboxylic acids is 6. The van der Waals surface area contributed by atoms with Crippen LogP contribution < -0.4 is 9.44 Å². The van der Waals surface area contributed by atoms with Crippen LogP contribution in [-0.2, 0) is 20.0 Å². The van der Waals surface area contributed by atoms with Gasteiger partial charge in [0.25, 0.3) is 20.0 Å². The average molecular weight is 882 g/mol. The van der Waals surface area contributed by atoms with Crippen LogP contribution in [-0.4, -0.2) is 86.6 Å². The first-order chi connectivity index (χ1) is 27.6.